The molecule has 0 aliphatic carbocycles. The fraction of sp³-hybridized carbons (Fsp3) is 0.833. The van der Waals surface area contributed by atoms with Crippen molar-refractivity contribution in [2.75, 3.05) is 18.6 Å². The molecule has 0 radical (unpaired) electrons. The first-order valence-electron chi connectivity index (χ1n) is 8.77. The number of rotatable bonds is 15. The van der Waals surface area contributed by atoms with Crippen molar-refractivity contribution in [1.82, 2.24) is 0 Å². The van der Waals surface area contributed by atoms with Gasteiger partial charge >= 0.3 is 5.97 Å². The molecule has 0 aliphatic rings. The number of methoxy groups -OCH3 is 1. The summed E-state index contributed by atoms with van der Waals surface area (Å²) in [5, 5.41) is 0. The van der Waals surface area contributed by atoms with Gasteiger partial charge in [-0.1, -0.05) is 51.2 Å². The third-order valence-corrected chi connectivity index (χ3v) is 5.07. The van der Waals surface area contributed by atoms with Crippen molar-refractivity contribution in [1.29, 1.82) is 0 Å². The fourth-order valence-corrected chi connectivity index (χ4v) is 3.34. The average Bonchev–Trinajstić information content (AvgIpc) is 2.53. The molecule has 0 bridgehead atoms. The highest BCUT2D eigenvalue weighted by atomic mass is 32.2. The number of carbonyl (C=O) groups excluding carboxylic acids is 1. The Hall–Kier alpha value is -0.640. The van der Waals surface area contributed by atoms with Crippen molar-refractivity contribution in [3.63, 3.8) is 0 Å². The van der Waals surface area contributed by atoms with Gasteiger partial charge in [0.05, 0.1) is 7.11 Å². The molecule has 0 N–H and O–H groups in total. The van der Waals surface area contributed by atoms with E-state index < -0.39 is 10.8 Å². The average molecular weight is 331 g/mol. The zero-order valence-corrected chi connectivity index (χ0v) is 15.3. The van der Waals surface area contributed by atoms with Crippen molar-refractivity contribution in [2.45, 2.75) is 77.6 Å². The zero-order valence-electron chi connectivity index (χ0n) is 14.5. The second-order valence-electron chi connectivity index (χ2n) is 5.70. The minimum absolute atomic E-state index is 0.177. The Morgan fingerprint density at radius 2 is 1.59 bits per heavy atom. The summed E-state index contributed by atoms with van der Waals surface area (Å²) in [4.78, 5) is 10.9. The van der Waals surface area contributed by atoms with Crippen LogP contribution in [0.25, 0.3) is 0 Å². The number of unbranched alkanes of at least 4 members (excludes halogenated alkanes) is 7. The second-order valence-corrected chi connectivity index (χ2v) is 7.39. The molecule has 0 aromatic heterocycles. The fourth-order valence-electron chi connectivity index (χ4n) is 2.21. The highest BCUT2D eigenvalue weighted by molar-refractivity contribution is 7.84. The summed E-state index contributed by atoms with van der Waals surface area (Å²) in [5.74, 6) is 1.26. The van der Waals surface area contributed by atoms with Gasteiger partial charge in [-0.3, -0.25) is 9.00 Å². The summed E-state index contributed by atoms with van der Waals surface area (Å²) in [6.45, 7) is 2.24. The monoisotopic (exact) mass is 330 g/mol. The summed E-state index contributed by atoms with van der Waals surface area (Å²) < 4.78 is 16.3. The van der Waals surface area contributed by atoms with Crippen LogP contribution in [0.1, 0.15) is 77.6 Å². The minimum Gasteiger partial charge on any atom is -0.469 e. The van der Waals surface area contributed by atoms with Crippen LogP contribution < -0.4 is 0 Å². The summed E-state index contributed by atoms with van der Waals surface area (Å²) in [6, 6.07) is 0. The third kappa shape index (κ3) is 15.7. The largest absolute Gasteiger partial charge is 0.469 e. The molecule has 0 rings (SSSR count). The van der Waals surface area contributed by atoms with Crippen LogP contribution in [0.5, 0.6) is 0 Å². The molecule has 130 valence electrons. The van der Waals surface area contributed by atoms with Crippen LogP contribution in [-0.2, 0) is 20.3 Å². The molecule has 0 heterocycles. The SMILES string of the molecule is CCCCCCCC/C=C\CC[S@@](=O)CCCCC(=O)OC. The standard InChI is InChI=1S/C18H34O3S/c1-3-4-5-6-7-8-9-10-11-13-16-22(20)17-14-12-15-18(19)21-2/h10-11H,3-9,12-17H2,1-2H3/b11-10-/t22-/m1/s1. The zero-order chi connectivity index (χ0) is 16.5. The van der Waals surface area contributed by atoms with Gasteiger partial charge in [0.25, 0.3) is 0 Å². The van der Waals surface area contributed by atoms with E-state index in [9.17, 15) is 9.00 Å². The van der Waals surface area contributed by atoms with Gasteiger partial charge in [-0.25, -0.2) is 0 Å². The maximum atomic E-state index is 11.8. The Kier molecular flexibility index (Phi) is 16.2. The van der Waals surface area contributed by atoms with Crippen LogP contribution >= 0.6 is 0 Å². The van der Waals surface area contributed by atoms with Gasteiger partial charge in [0.15, 0.2) is 0 Å². The van der Waals surface area contributed by atoms with E-state index in [0.29, 0.717) is 12.2 Å². The molecule has 3 nitrogen and oxygen atoms in total. The number of hydrogen-bond acceptors (Lipinski definition) is 3. The smallest absolute Gasteiger partial charge is 0.305 e. The van der Waals surface area contributed by atoms with E-state index in [1.165, 1.54) is 45.6 Å². The Bertz CT molecular complexity index is 313. The van der Waals surface area contributed by atoms with E-state index in [1.54, 1.807) is 0 Å². The van der Waals surface area contributed by atoms with E-state index in [-0.39, 0.29) is 5.97 Å². The van der Waals surface area contributed by atoms with E-state index in [1.807, 2.05) is 0 Å². The minimum atomic E-state index is -0.753. The quantitative estimate of drug-likeness (QED) is 0.247. The van der Waals surface area contributed by atoms with Crippen LogP contribution in [0.4, 0.5) is 0 Å². The number of carbonyl (C=O) groups is 1. The molecule has 0 aromatic rings. The predicted molar refractivity (Wildman–Crippen MR) is 95.5 cm³/mol. The van der Waals surface area contributed by atoms with Gasteiger partial charge < -0.3 is 4.74 Å². The van der Waals surface area contributed by atoms with E-state index >= 15 is 0 Å². The van der Waals surface area contributed by atoms with Gasteiger partial charge in [0.2, 0.25) is 0 Å². The van der Waals surface area contributed by atoms with Crippen molar-refractivity contribution in [2.24, 2.45) is 0 Å². The summed E-state index contributed by atoms with van der Waals surface area (Å²) in [5.41, 5.74) is 0. The molecule has 0 aliphatic heterocycles. The molecule has 4 heteroatoms. The normalized spacial score (nSPS) is 12.6. The number of ether oxygens (including phenoxy) is 1. The maximum absolute atomic E-state index is 11.8. The molecule has 0 saturated heterocycles. The highest BCUT2D eigenvalue weighted by Crippen LogP contribution is 2.07. The molecule has 0 amide bonds. The maximum Gasteiger partial charge on any atom is 0.305 e. The lowest BCUT2D eigenvalue weighted by Gasteiger charge is -2.01. The molecule has 22 heavy (non-hydrogen) atoms. The molecule has 0 aromatic carbocycles. The lowest BCUT2D eigenvalue weighted by molar-refractivity contribution is -0.140. The van der Waals surface area contributed by atoms with Gasteiger partial charge in [-0.15, -0.1) is 0 Å². The summed E-state index contributed by atoms with van der Waals surface area (Å²) >= 11 is 0. The van der Waals surface area contributed by atoms with Gasteiger partial charge in [-0.2, -0.15) is 0 Å². The lowest BCUT2D eigenvalue weighted by atomic mass is 10.1. The van der Waals surface area contributed by atoms with Gasteiger partial charge in [-0.05, 0) is 32.1 Å². The number of allylic oxidation sites excluding steroid dienone is 2. The van der Waals surface area contributed by atoms with E-state index in [0.717, 1.165) is 31.4 Å². The van der Waals surface area contributed by atoms with Gasteiger partial charge in [0.1, 0.15) is 0 Å². The topological polar surface area (TPSA) is 43.4 Å². The summed E-state index contributed by atoms with van der Waals surface area (Å²) in [6.07, 6.45) is 16.5. The summed E-state index contributed by atoms with van der Waals surface area (Å²) in [7, 11) is 0.648. The second kappa shape index (κ2) is 16.7. The van der Waals surface area contributed by atoms with Crippen molar-refractivity contribution >= 4 is 16.8 Å². The molecule has 0 saturated carbocycles. The van der Waals surface area contributed by atoms with Crippen LogP contribution in [-0.4, -0.2) is 28.8 Å². The molecule has 0 unspecified atom stereocenters. The lowest BCUT2D eigenvalue weighted by Crippen LogP contribution is -2.04. The van der Waals surface area contributed by atoms with Crippen LogP contribution in [0.15, 0.2) is 12.2 Å². The van der Waals surface area contributed by atoms with Crippen LogP contribution in [0.2, 0.25) is 0 Å². The first-order chi connectivity index (χ1) is 10.7. The van der Waals surface area contributed by atoms with E-state index in [4.69, 9.17) is 0 Å². The van der Waals surface area contributed by atoms with Crippen LogP contribution in [0.3, 0.4) is 0 Å². The Morgan fingerprint density at radius 3 is 2.32 bits per heavy atom. The number of esters is 1. The van der Waals surface area contributed by atoms with Crippen molar-refractivity contribution in [3.8, 4) is 0 Å². The molecule has 0 fully saturated rings. The van der Waals surface area contributed by atoms with Gasteiger partial charge in [0, 0.05) is 28.7 Å². The van der Waals surface area contributed by atoms with Crippen LogP contribution in [0, 0.1) is 0 Å². The Balaban J connectivity index is 3.33. The highest BCUT2D eigenvalue weighted by Gasteiger charge is 2.02. The first-order valence-corrected chi connectivity index (χ1v) is 10.3. The third-order valence-electron chi connectivity index (χ3n) is 3.63. The predicted octanol–water partition coefficient (Wildman–Crippen LogP) is 4.78. The molecule has 0 spiro atoms. The van der Waals surface area contributed by atoms with Crippen molar-refractivity contribution in [3.05, 3.63) is 12.2 Å². The first kappa shape index (κ1) is 21.4. The Labute approximate surface area is 139 Å². The molecular weight excluding hydrogens is 296 g/mol. The number of hydrogen-bond donors (Lipinski definition) is 0. The molecular formula is C18H34O3S. The van der Waals surface area contributed by atoms with E-state index in [2.05, 4.69) is 23.8 Å². The Morgan fingerprint density at radius 1 is 0.909 bits per heavy atom. The van der Waals surface area contributed by atoms with Crippen molar-refractivity contribution < 1.29 is 13.7 Å². The molecule has 1 atom stereocenters.